The average molecular weight is 245 g/mol. The maximum absolute atomic E-state index is 11.8. The molecule has 0 unspecified atom stereocenters. The van der Waals surface area contributed by atoms with Crippen molar-refractivity contribution in [3.05, 3.63) is 0 Å². The van der Waals surface area contributed by atoms with Crippen LogP contribution >= 0.6 is 0 Å². The Morgan fingerprint density at radius 3 is 2.53 bits per heavy atom. The highest BCUT2D eigenvalue weighted by Gasteiger charge is 2.44. The summed E-state index contributed by atoms with van der Waals surface area (Å²) in [5, 5.41) is 0. The quantitative estimate of drug-likeness (QED) is 0.478. The molecule has 0 bridgehead atoms. The van der Waals surface area contributed by atoms with Gasteiger partial charge in [-0.2, -0.15) is 0 Å². The van der Waals surface area contributed by atoms with Gasteiger partial charge < -0.3 is 19.9 Å². The summed E-state index contributed by atoms with van der Waals surface area (Å²) in [4.78, 5) is 11.8. The van der Waals surface area contributed by atoms with Crippen molar-refractivity contribution < 1.29 is 19.0 Å². The number of hydrogen-bond acceptors (Lipinski definition) is 5. The third kappa shape index (κ3) is 4.26. The lowest BCUT2D eigenvalue weighted by molar-refractivity contribution is -0.161. The van der Waals surface area contributed by atoms with Crippen LogP contribution in [0.25, 0.3) is 0 Å². The number of carbonyl (C=O) groups excluding carboxylic acids is 1. The zero-order valence-corrected chi connectivity index (χ0v) is 10.6. The molecule has 5 heteroatoms. The van der Waals surface area contributed by atoms with Gasteiger partial charge in [-0.3, -0.25) is 4.79 Å². The molecule has 1 fully saturated rings. The fourth-order valence-electron chi connectivity index (χ4n) is 1.82. The minimum atomic E-state index is -0.378. The van der Waals surface area contributed by atoms with Crippen molar-refractivity contribution in [3.8, 4) is 0 Å². The van der Waals surface area contributed by atoms with Crippen molar-refractivity contribution in [1.29, 1.82) is 0 Å². The van der Waals surface area contributed by atoms with Crippen LogP contribution < -0.4 is 5.73 Å². The summed E-state index contributed by atoms with van der Waals surface area (Å²) in [5.41, 5.74) is 5.24. The summed E-state index contributed by atoms with van der Waals surface area (Å²) in [6.45, 7) is 2.57. The first-order chi connectivity index (χ1) is 8.25. The van der Waals surface area contributed by atoms with Gasteiger partial charge in [-0.15, -0.1) is 0 Å². The molecule has 1 aliphatic rings. The van der Waals surface area contributed by atoms with E-state index >= 15 is 0 Å². The van der Waals surface area contributed by atoms with Crippen LogP contribution in [-0.4, -0.2) is 46.1 Å². The number of nitrogens with two attached hydrogens (primary N) is 1. The molecular weight excluding hydrogens is 222 g/mol. The fraction of sp³-hybridized carbons (Fsp3) is 0.917. The molecule has 0 aromatic heterocycles. The monoisotopic (exact) mass is 245 g/mol. The first kappa shape index (κ1) is 14.4. The van der Waals surface area contributed by atoms with E-state index in [2.05, 4.69) is 0 Å². The highest BCUT2D eigenvalue weighted by Crippen LogP contribution is 2.40. The molecule has 0 saturated heterocycles. The zero-order chi connectivity index (χ0) is 12.6. The standard InChI is InChI=1S/C12H23NO4/c1-15-8-9-16-6-3-7-17-11(14)12(10-13)4-2-5-12/h2-10,13H2,1H3. The Balaban J connectivity index is 2.00. The summed E-state index contributed by atoms with van der Waals surface area (Å²) < 4.78 is 15.3. The van der Waals surface area contributed by atoms with Crippen LogP contribution in [0.1, 0.15) is 25.7 Å². The Labute approximate surface area is 103 Å². The van der Waals surface area contributed by atoms with Crippen LogP contribution in [0.15, 0.2) is 0 Å². The number of rotatable bonds is 9. The highest BCUT2D eigenvalue weighted by atomic mass is 16.5. The summed E-state index contributed by atoms with van der Waals surface area (Å²) in [6.07, 6.45) is 3.53. The van der Waals surface area contributed by atoms with Crippen molar-refractivity contribution in [2.24, 2.45) is 11.1 Å². The number of hydrogen-bond donors (Lipinski definition) is 1. The maximum Gasteiger partial charge on any atom is 0.313 e. The van der Waals surface area contributed by atoms with Gasteiger partial charge in [0.25, 0.3) is 0 Å². The van der Waals surface area contributed by atoms with Gasteiger partial charge in [0, 0.05) is 26.7 Å². The predicted octanol–water partition coefficient (Wildman–Crippen LogP) is 0.712. The average Bonchev–Trinajstić information content (AvgIpc) is 2.27. The largest absolute Gasteiger partial charge is 0.465 e. The first-order valence-electron chi connectivity index (χ1n) is 6.19. The Morgan fingerprint density at radius 1 is 1.24 bits per heavy atom. The van der Waals surface area contributed by atoms with Gasteiger partial charge in [0.2, 0.25) is 0 Å². The third-order valence-electron chi connectivity index (χ3n) is 3.23. The molecule has 0 atom stereocenters. The van der Waals surface area contributed by atoms with Crippen molar-refractivity contribution in [1.82, 2.24) is 0 Å². The van der Waals surface area contributed by atoms with Crippen molar-refractivity contribution in [2.75, 3.05) is 40.1 Å². The Hall–Kier alpha value is -0.650. The third-order valence-corrected chi connectivity index (χ3v) is 3.23. The number of carbonyl (C=O) groups is 1. The molecule has 100 valence electrons. The van der Waals surface area contributed by atoms with Crippen LogP contribution in [0, 0.1) is 5.41 Å². The van der Waals surface area contributed by atoms with E-state index in [4.69, 9.17) is 19.9 Å². The molecule has 0 heterocycles. The Bertz CT molecular complexity index is 223. The van der Waals surface area contributed by atoms with Crippen LogP contribution in [0.2, 0.25) is 0 Å². The number of ether oxygens (including phenoxy) is 3. The van der Waals surface area contributed by atoms with Gasteiger partial charge in [0.05, 0.1) is 25.2 Å². The topological polar surface area (TPSA) is 70.8 Å². The lowest BCUT2D eigenvalue weighted by Gasteiger charge is -2.37. The maximum atomic E-state index is 11.8. The second kappa shape index (κ2) is 7.63. The molecule has 1 rings (SSSR count). The number of methoxy groups -OCH3 is 1. The number of esters is 1. The Morgan fingerprint density at radius 2 is 2.00 bits per heavy atom. The predicted molar refractivity (Wildman–Crippen MR) is 63.6 cm³/mol. The van der Waals surface area contributed by atoms with E-state index in [0.717, 1.165) is 25.7 Å². The highest BCUT2D eigenvalue weighted by molar-refractivity contribution is 5.78. The van der Waals surface area contributed by atoms with Crippen LogP contribution in [0.3, 0.4) is 0 Å². The van der Waals surface area contributed by atoms with E-state index in [1.165, 1.54) is 0 Å². The van der Waals surface area contributed by atoms with E-state index in [9.17, 15) is 4.79 Å². The Kier molecular flexibility index (Phi) is 6.47. The van der Waals surface area contributed by atoms with Crippen LogP contribution in [0.5, 0.6) is 0 Å². The molecule has 0 radical (unpaired) electrons. The molecule has 2 N–H and O–H groups in total. The van der Waals surface area contributed by atoms with Gasteiger partial charge in [-0.25, -0.2) is 0 Å². The zero-order valence-electron chi connectivity index (χ0n) is 10.6. The van der Waals surface area contributed by atoms with Crippen molar-refractivity contribution in [2.45, 2.75) is 25.7 Å². The summed E-state index contributed by atoms with van der Waals surface area (Å²) >= 11 is 0. The molecule has 1 aliphatic carbocycles. The normalized spacial score (nSPS) is 17.5. The van der Waals surface area contributed by atoms with Gasteiger partial charge in [0.15, 0.2) is 0 Å². The van der Waals surface area contributed by atoms with Crippen LogP contribution in [0.4, 0.5) is 0 Å². The van der Waals surface area contributed by atoms with Crippen molar-refractivity contribution in [3.63, 3.8) is 0 Å². The molecule has 0 amide bonds. The molecule has 0 aromatic carbocycles. The first-order valence-corrected chi connectivity index (χ1v) is 6.19. The second-order valence-corrected chi connectivity index (χ2v) is 4.43. The second-order valence-electron chi connectivity index (χ2n) is 4.43. The molecule has 17 heavy (non-hydrogen) atoms. The van der Waals surface area contributed by atoms with E-state index in [0.29, 0.717) is 33.0 Å². The van der Waals surface area contributed by atoms with Gasteiger partial charge in [-0.1, -0.05) is 6.42 Å². The van der Waals surface area contributed by atoms with Gasteiger partial charge >= 0.3 is 5.97 Å². The van der Waals surface area contributed by atoms with Gasteiger partial charge in [-0.05, 0) is 12.8 Å². The minimum absolute atomic E-state index is 0.136. The van der Waals surface area contributed by atoms with Crippen molar-refractivity contribution >= 4 is 5.97 Å². The lowest BCUT2D eigenvalue weighted by Crippen LogP contribution is -2.45. The molecule has 1 saturated carbocycles. The molecule has 0 spiro atoms. The van der Waals surface area contributed by atoms with Gasteiger partial charge in [0.1, 0.15) is 0 Å². The SMILES string of the molecule is COCCOCCCOC(=O)C1(CN)CCC1. The molecule has 5 nitrogen and oxygen atoms in total. The fourth-order valence-corrected chi connectivity index (χ4v) is 1.82. The molecule has 0 aliphatic heterocycles. The molecule has 0 aromatic rings. The smallest absolute Gasteiger partial charge is 0.313 e. The van der Waals surface area contributed by atoms with E-state index in [-0.39, 0.29) is 11.4 Å². The summed E-state index contributed by atoms with van der Waals surface area (Å²) in [6, 6.07) is 0. The van der Waals surface area contributed by atoms with E-state index in [1.54, 1.807) is 7.11 Å². The van der Waals surface area contributed by atoms with Crippen LogP contribution in [-0.2, 0) is 19.0 Å². The molecular formula is C12H23NO4. The van der Waals surface area contributed by atoms with E-state index in [1.807, 2.05) is 0 Å². The minimum Gasteiger partial charge on any atom is -0.465 e. The summed E-state index contributed by atoms with van der Waals surface area (Å²) in [7, 11) is 1.63. The summed E-state index contributed by atoms with van der Waals surface area (Å²) in [5.74, 6) is -0.136. The lowest BCUT2D eigenvalue weighted by atomic mass is 9.69. The van der Waals surface area contributed by atoms with E-state index < -0.39 is 0 Å².